The molecule has 0 fully saturated rings. The lowest BCUT2D eigenvalue weighted by Crippen LogP contribution is -2.05. The Morgan fingerprint density at radius 2 is 1.85 bits per heavy atom. The van der Waals surface area contributed by atoms with Crippen LogP contribution in [0.1, 0.15) is 19.4 Å². The molecule has 0 aromatic heterocycles. The molecule has 102 valence electrons. The van der Waals surface area contributed by atoms with Gasteiger partial charge >= 0.3 is 0 Å². The number of anilines is 3. The molecule has 0 bridgehead atoms. The summed E-state index contributed by atoms with van der Waals surface area (Å²) in [6.45, 7) is 3.97. The van der Waals surface area contributed by atoms with Crippen LogP contribution >= 0.6 is 0 Å². The normalized spacial score (nSPS) is 10.1. The van der Waals surface area contributed by atoms with Gasteiger partial charge in [-0.2, -0.15) is 5.26 Å². The molecule has 20 heavy (non-hydrogen) atoms. The Morgan fingerprint density at radius 1 is 1.15 bits per heavy atom. The lowest BCUT2D eigenvalue weighted by Gasteiger charge is -2.12. The first-order valence-corrected chi connectivity index (χ1v) is 6.42. The topological polar surface area (TPSA) is 71.1 Å². The van der Waals surface area contributed by atoms with Crippen molar-refractivity contribution >= 4 is 17.1 Å². The Bertz CT molecular complexity index is 627. The second kappa shape index (κ2) is 5.98. The van der Waals surface area contributed by atoms with Gasteiger partial charge in [0.2, 0.25) is 0 Å². The molecule has 0 radical (unpaired) electrons. The van der Waals surface area contributed by atoms with E-state index in [-0.39, 0.29) is 6.10 Å². The highest BCUT2D eigenvalue weighted by atomic mass is 16.5. The molecule has 0 aliphatic carbocycles. The monoisotopic (exact) mass is 267 g/mol. The molecular formula is C16H17N3O. The average molecular weight is 267 g/mol. The van der Waals surface area contributed by atoms with Crippen molar-refractivity contribution in [2.45, 2.75) is 20.0 Å². The van der Waals surface area contributed by atoms with Crippen molar-refractivity contribution in [1.82, 2.24) is 0 Å². The third-order valence-electron chi connectivity index (χ3n) is 2.67. The number of nitrogens with zero attached hydrogens (tertiary/aromatic N) is 1. The van der Waals surface area contributed by atoms with E-state index in [4.69, 9.17) is 15.7 Å². The number of hydrogen-bond donors (Lipinski definition) is 2. The van der Waals surface area contributed by atoms with E-state index in [0.29, 0.717) is 11.3 Å². The minimum Gasteiger partial charge on any atom is -0.491 e. The van der Waals surface area contributed by atoms with Crippen molar-refractivity contribution in [2.75, 3.05) is 11.1 Å². The van der Waals surface area contributed by atoms with Gasteiger partial charge in [0, 0.05) is 11.4 Å². The zero-order valence-corrected chi connectivity index (χ0v) is 11.6. The van der Waals surface area contributed by atoms with Crippen LogP contribution in [0.3, 0.4) is 0 Å². The fourth-order valence-electron chi connectivity index (χ4n) is 1.81. The summed E-state index contributed by atoms with van der Waals surface area (Å²) in [5.41, 5.74) is 8.39. The zero-order valence-electron chi connectivity index (χ0n) is 11.6. The minimum atomic E-state index is 0.149. The van der Waals surface area contributed by atoms with Crippen LogP contribution < -0.4 is 15.8 Å². The number of rotatable bonds is 4. The summed E-state index contributed by atoms with van der Waals surface area (Å²) in [5.74, 6) is 0.823. The molecule has 0 saturated heterocycles. The van der Waals surface area contributed by atoms with Gasteiger partial charge in [-0.1, -0.05) is 0 Å². The zero-order chi connectivity index (χ0) is 14.5. The Hall–Kier alpha value is -2.67. The molecule has 2 rings (SSSR count). The lowest BCUT2D eigenvalue weighted by molar-refractivity contribution is 0.242. The van der Waals surface area contributed by atoms with Crippen LogP contribution in [0.2, 0.25) is 0 Å². The van der Waals surface area contributed by atoms with Gasteiger partial charge in [-0.3, -0.25) is 0 Å². The number of ether oxygens (including phenoxy) is 1. The summed E-state index contributed by atoms with van der Waals surface area (Å²) in [5, 5.41) is 12.3. The van der Waals surface area contributed by atoms with E-state index >= 15 is 0 Å². The molecule has 0 heterocycles. The van der Waals surface area contributed by atoms with Gasteiger partial charge in [-0.15, -0.1) is 0 Å². The maximum absolute atomic E-state index is 9.10. The fraction of sp³-hybridized carbons (Fsp3) is 0.188. The quantitative estimate of drug-likeness (QED) is 0.829. The molecule has 0 aliphatic rings. The Labute approximate surface area is 118 Å². The average Bonchev–Trinajstić information content (AvgIpc) is 2.42. The molecule has 0 aliphatic heterocycles. The second-order valence-corrected chi connectivity index (χ2v) is 4.73. The molecule has 2 aromatic carbocycles. The first-order valence-electron chi connectivity index (χ1n) is 6.42. The lowest BCUT2D eigenvalue weighted by atomic mass is 10.1. The summed E-state index contributed by atoms with van der Waals surface area (Å²) in [7, 11) is 0. The summed E-state index contributed by atoms with van der Waals surface area (Å²) in [4.78, 5) is 0. The van der Waals surface area contributed by atoms with E-state index in [0.717, 1.165) is 17.1 Å². The van der Waals surface area contributed by atoms with Crippen LogP contribution in [-0.4, -0.2) is 6.10 Å². The van der Waals surface area contributed by atoms with Crippen LogP contribution in [0, 0.1) is 11.3 Å². The van der Waals surface area contributed by atoms with Gasteiger partial charge in [0.1, 0.15) is 11.8 Å². The third-order valence-corrected chi connectivity index (χ3v) is 2.67. The van der Waals surface area contributed by atoms with E-state index in [1.807, 2.05) is 38.1 Å². The molecule has 2 aromatic rings. The number of nitrogens with one attached hydrogen (secondary N) is 1. The summed E-state index contributed by atoms with van der Waals surface area (Å²) >= 11 is 0. The highest BCUT2D eigenvalue weighted by Crippen LogP contribution is 2.24. The van der Waals surface area contributed by atoms with Gasteiger partial charge in [0.05, 0.1) is 17.4 Å². The number of nitrogens with two attached hydrogens (primary N) is 1. The van der Waals surface area contributed by atoms with Crippen molar-refractivity contribution in [1.29, 1.82) is 5.26 Å². The van der Waals surface area contributed by atoms with Gasteiger partial charge < -0.3 is 15.8 Å². The predicted molar refractivity (Wildman–Crippen MR) is 81.1 cm³/mol. The van der Waals surface area contributed by atoms with E-state index in [1.165, 1.54) is 0 Å². The highest BCUT2D eigenvalue weighted by molar-refractivity contribution is 5.69. The van der Waals surface area contributed by atoms with Gasteiger partial charge in [0.15, 0.2) is 0 Å². The first kappa shape index (κ1) is 13.8. The Morgan fingerprint density at radius 3 is 2.45 bits per heavy atom. The van der Waals surface area contributed by atoms with E-state index in [9.17, 15) is 0 Å². The van der Waals surface area contributed by atoms with Gasteiger partial charge in [-0.05, 0) is 56.3 Å². The van der Waals surface area contributed by atoms with Crippen LogP contribution in [-0.2, 0) is 0 Å². The molecule has 0 amide bonds. The number of nitrogen functional groups attached to an aromatic ring is 1. The highest BCUT2D eigenvalue weighted by Gasteiger charge is 2.03. The maximum Gasteiger partial charge on any atom is 0.119 e. The number of benzene rings is 2. The van der Waals surface area contributed by atoms with Crippen molar-refractivity contribution in [3.63, 3.8) is 0 Å². The summed E-state index contributed by atoms with van der Waals surface area (Å²) in [6.07, 6.45) is 0.149. The third kappa shape index (κ3) is 3.42. The number of hydrogen-bond acceptors (Lipinski definition) is 4. The summed E-state index contributed by atoms with van der Waals surface area (Å²) < 4.78 is 5.58. The van der Waals surface area contributed by atoms with Crippen molar-refractivity contribution in [3.05, 3.63) is 48.0 Å². The van der Waals surface area contributed by atoms with Gasteiger partial charge in [0.25, 0.3) is 0 Å². The Balaban J connectivity index is 2.16. The van der Waals surface area contributed by atoms with Crippen LogP contribution in [0.4, 0.5) is 17.1 Å². The largest absolute Gasteiger partial charge is 0.491 e. The number of nitriles is 1. The molecule has 0 unspecified atom stereocenters. The van der Waals surface area contributed by atoms with E-state index in [1.54, 1.807) is 18.2 Å². The molecule has 4 nitrogen and oxygen atoms in total. The molecule has 0 saturated carbocycles. The molecule has 0 spiro atoms. The van der Waals surface area contributed by atoms with Crippen LogP contribution in [0.15, 0.2) is 42.5 Å². The first-order chi connectivity index (χ1) is 9.58. The molecule has 3 N–H and O–H groups in total. The van der Waals surface area contributed by atoms with E-state index < -0.39 is 0 Å². The standard InChI is InChI=1S/C16H17N3O/c1-11(2)20-15-6-4-14(5-7-15)19-16-8-3-13(18)9-12(16)10-17/h3-9,11,19H,18H2,1-2H3. The van der Waals surface area contributed by atoms with Crippen molar-refractivity contribution in [2.24, 2.45) is 0 Å². The molecular weight excluding hydrogens is 250 g/mol. The molecule has 0 atom stereocenters. The fourth-order valence-corrected chi connectivity index (χ4v) is 1.81. The molecule has 4 heteroatoms. The van der Waals surface area contributed by atoms with Crippen molar-refractivity contribution in [3.8, 4) is 11.8 Å². The van der Waals surface area contributed by atoms with Crippen LogP contribution in [0.5, 0.6) is 5.75 Å². The van der Waals surface area contributed by atoms with Crippen molar-refractivity contribution < 1.29 is 4.74 Å². The Kier molecular flexibility index (Phi) is 4.11. The minimum absolute atomic E-state index is 0.149. The summed E-state index contributed by atoms with van der Waals surface area (Å²) in [6, 6.07) is 15.0. The smallest absolute Gasteiger partial charge is 0.119 e. The SMILES string of the molecule is CC(C)Oc1ccc(Nc2ccc(N)cc2C#N)cc1. The maximum atomic E-state index is 9.10. The predicted octanol–water partition coefficient (Wildman–Crippen LogP) is 3.67. The van der Waals surface area contributed by atoms with Crippen LogP contribution in [0.25, 0.3) is 0 Å². The second-order valence-electron chi connectivity index (χ2n) is 4.73. The van der Waals surface area contributed by atoms with Gasteiger partial charge in [-0.25, -0.2) is 0 Å². The van der Waals surface area contributed by atoms with E-state index in [2.05, 4.69) is 11.4 Å².